The summed E-state index contributed by atoms with van der Waals surface area (Å²) in [5.41, 5.74) is -2.82. The number of carbonyl (C=O) groups is 2. The number of alkyl halides is 3. The van der Waals surface area contributed by atoms with Crippen LogP contribution in [0.25, 0.3) is 0 Å². The standard InChI is InChI=1S/C16H11F3N2O5/c1-26-15(23)10-6-9(7-11(8-10)21(24)25)14(22)20-13-5-3-2-4-12(13)16(17,18)19/h2-8H,1H3,(H,20,22). The van der Waals surface area contributed by atoms with Crippen molar-refractivity contribution in [1.82, 2.24) is 0 Å². The van der Waals surface area contributed by atoms with Gasteiger partial charge in [-0.15, -0.1) is 0 Å². The molecule has 0 saturated heterocycles. The summed E-state index contributed by atoms with van der Waals surface area (Å²) in [5.74, 6) is -1.98. The zero-order valence-corrected chi connectivity index (χ0v) is 13.2. The predicted octanol–water partition coefficient (Wildman–Crippen LogP) is 3.65. The van der Waals surface area contributed by atoms with Gasteiger partial charge in [0.05, 0.1) is 28.8 Å². The molecule has 0 aliphatic carbocycles. The minimum Gasteiger partial charge on any atom is -0.465 e. The van der Waals surface area contributed by atoms with E-state index < -0.39 is 39.9 Å². The van der Waals surface area contributed by atoms with Gasteiger partial charge in [0.2, 0.25) is 0 Å². The number of amides is 1. The second-order valence-electron chi connectivity index (χ2n) is 5.01. The molecule has 2 rings (SSSR count). The molecule has 136 valence electrons. The second kappa shape index (κ2) is 7.21. The molecule has 1 N–H and O–H groups in total. The van der Waals surface area contributed by atoms with Crippen molar-refractivity contribution < 1.29 is 32.4 Å². The third kappa shape index (κ3) is 4.15. The molecule has 0 unspecified atom stereocenters. The predicted molar refractivity (Wildman–Crippen MR) is 83.8 cm³/mol. The minimum atomic E-state index is -4.70. The largest absolute Gasteiger partial charge is 0.465 e. The van der Waals surface area contributed by atoms with Gasteiger partial charge in [-0.05, 0) is 18.2 Å². The summed E-state index contributed by atoms with van der Waals surface area (Å²) in [5, 5.41) is 13.0. The number of nitro groups is 1. The van der Waals surface area contributed by atoms with Gasteiger partial charge in [-0.3, -0.25) is 14.9 Å². The molecular formula is C16H11F3N2O5. The van der Waals surface area contributed by atoms with E-state index in [1.54, 1.807) is 0 Å². The van der Waals surface area contributed by atoms with Gasteiger partial charge in [0, 0.05) is 17.7 Å². The van der Waals surface area contributed by atoms with Crippen LogP contribution in [-0.2, 0) is 10.9 Å². The number of benzene rings is 2. The molecule has 0 bridgehead atoms. The van der Waals surface area contributed by atoms with Crippen molar-refractivity contribution >= 4 is 23.3 Å². The third-order valence-corrected chi connectivity index (χ3v) is 3.29. The van der Waals surface area contributed by atoms with E-state index in [9.17, 15) is 32.9 Å². The molecule has 2 aromatic rings. The summed E-state index contributed by atoms with van der Waals surface area (Å²) in [4.78, 5) is 34.0. The lowest BCUT2D eigenvalue weighted by Gasteiger charge is -2.13. The highest BCUT2D eigenvalue weighted by Crippen LogP contribution is 2.34. The maximum atomic E-state index is 13.0. The number of ether oxygens (including phenoxy) is 1. The molecule has 0 atom stereocenters. The van der Waals surface area contributed by atoms with Gasteiger partial charge in [-0.25, -0.2) is 4.79 Å². The van der Waals surface area contributed by atoms with Gasteiger partial charge >= 0.3 is 12.1 Å². The number of methoxy groups -OCH3 is 1. The van der Waals surface area contributed by atoms with Crippen molar-refractivity contribution in [3.05, 3.63) is 69.3 Å². The SMILES string of the molecule is COC(=O)c1cc(C(=O)Nc2ccccc2C(F)(F)F)cc([N+](=O)[O-])c1. The van der Waals surface area contributed by atoms with Crippen molar-refractivity contribution in [1.29, 1.82) is 0 Å². The molecule has 0 saturated carbocycles. The molecular weight excluding hydrogens is 357 g/mol. The van der Waals surface area contributed by atoms with Crippen molar-refractivity contribution in [3.63, 3.8) is 0 Å². The quantitative estimate of drug-likeness (QED) is 0.505. The highest BCUT2D eigenvalue weighted by atomic mass is 19.4. The van der Waals surface area contributed by atoms with Gasteiger partial charge in [0.15, 0.2) is 0 Å². The first-order chi connectivity index (χ1) is 12.1. The number of halogens is 3. The summed E-state index contributed by atoms with van der Waals surface area (Å²) < 4.78 is 43.4. The summed E-state index contributed by atoms with van der Waals surface area (Å²) in [6, 6.07) is 7.00. The number of esters is 1. The van der Waals surface area contributed by atoms with E-state index in [1.807, 2.05) is 0 Å². The zero-order valence-electron chi connectivity index (χ0n) is 13.2. The molecule has 0 aromatic heterocycles. The van der Waals surface area contributed by atoms with E-state index in [4.69, 9.17) is 0 Å². The lowest BCUT2D eigenvalue weighted by atomic mass is 10.1. The normalized spacial score (nSPS) is 10.9. The number of hydrogen-bond donors (Lipinski definition) is 1. The Morgan fingerprint density at radius 2 is 1.73 bits per heavy atom. The number of para-hydroxylation sites is 1. The third-order valence-electron chi connectivity index (χ3n) is 3.29. The Bertz CT molecular complexity index is 880. The molecule has 0 spiro atoms. The Balaban J connectivity index is 2.43. The number of rotatable bonds is 4. The molecule has 10 heteroatoms. The summed E-state index contributed by atoms with van der Waals surface area (Å²) in [7, 11) is 1.04. The second-order valence-corrected chi connectivity index (χ2v) is 5.01. The molecule has 26 heavy (non-hydrogen) atoms. The molecule has 0 heterocycles. The van der Waals surface area contributed by atoms with Gasteiger partial charge in [0.25, 0.3) is 11.6 Å². The summed E-state index contributed by atoms with van der Waals surface area (Å²) in [6.07, 6.45) is -4.70. The van der Waals surface area contributed by atoms with E-state index in [0.717, 1.165) is 43.5 Å². The number of carbonyl (C=O) groups excluding carboxylic acids is 2. The molecule has 7 nitrogen and oxygen atoms in total. The van der Waals surface area contributed by atoms with Crippen LogP contribution in [0.15, 0.2) is 42.5 Å². The lowest BCUT2D eigenvalue weighted by molar-refractivity contribution is -0.384. The van der Waals surface area contributed by atoms with Crippen molar-refractivity contribution in [2.24, 2.45) is 0 Å². The Labute approximate surface area is 144 Å². The molecule has 0 fully saturated rings. The number of nitrogens with one attached hydrogen (secondary N) is 1. The first kappa shape index (κ1) is 18.9. The van der Waals surface area contributed by atoms with Crippen molar-refractivity contribution in [3.8, 4) is 0 Å². The fourth-order valence-corrected chi connectivity index (χ4v) is 2.12. The van der Waals surface area contributed by atoms with Crippen LogP contribution in [0.4, 0.5) is 24.5 Å². The van der Waals surface area contributed by atoms with E-state index in [0.29, 0.717) is 0 Å². The van der Waals surface area contributed by atoms with E-state index in [2.05, 4.69) is 10.1 Å². The lowest BCUT2D eigenvalue weighted by Crippen LogP contribution is -2.17. The highest BCUT2D eigenvalue weighted by molar-refractivity contribution is 6.06. The van der Waals surface area contributed by atoms with Crippen LogP contribution in [0, 0.1) is 10.1 Å². The maximum Gasteiger partial charge on any atom is 0.418 e. The van der Waals surface area contributed by atoms with Crippen LogP contribution in [0.3, 0.4) is 0 Å². The van der Waals surface area contributed by atoms with Crippen molar-refractivity contribution in [2.45, 2.75) is 6.18 Å². The van der Waals surface area contributed by atoms with Gasteiger partial charge < -0.3 is 10.1 Å². The molecule has 1 amide bonds. The van der Waals surface area contributed by atoms with Crippen LogP contribution in [0.1, 0.15) is 26.3 Å². The summed E-state index contributed by atoms with van der Waals surface area (Å²) >= 11 is 0. The van der Waals surface area contributed by atoms with Gasteiger partial charge in [0.1, 0.15) is 0 Å². The molecule has 0 radical (unpaired) electrons. The fourth-order valence-electron chi connectivity index (χ4n) is 2.12. The number of nitrogens with zero attached hydrogens (tertiary/aromatic N) is 1. The van der Waals surface area contributed by atoms with E-state index in [1.165, 1.54) is 6.07 Å². The fraction of sp³-hybridized carbons (Fsp3) is 0.125. The molecule has 0 aliphatic rings. The first-order valence-corrected chi connectivity index (χ1v) is 6.99. The smallest absolute Gasteiger partial charge is 0.418 e. The Kier molecular flexibility index (Phi) is 5.24. The van der Waals surface area contributed by atoms with Crippen LogP contribution in [0.2, 0.25) is 0 Å². The highest BCUT2D eigenvalue weighted by Gasteiger charge is 2.33. The van der Waals surface area contributed by atoms with Gasteiger partial charge in [-0.1, -0.05) is 12.1 Å². The minimum absolute atomic E-state index is 0.282. The van der Waals surface area contributed by atoms with Crippen LogP contribution in [-0.4, -0.2) is 23.9 Å². The zero-order chi connectivity index (χ0) is 19.5. The average Bonchev–Trinajstić information content (AvgIpc) is 2.60. The number of hydrogen-bond acceptors (Lipinski definition) is 5. The Morgan fingerprint density at radius 1 is 1.12 bits per heavy atom. The van der Waals surface area contributed by atoms with Crippen molar-refractivity contribution in [2.75, 3.05) is 12.4 Å². The number of anilines is 1. The van der Waals surface area contributed by atoms with Crippen LogP contribution in [0.5, 0.6) is 0 Å². The number of nitro benzene ring substituents is 1. The van der Waals surface area contributed by atoms with Crippen LogP contribution < -0.4 is 5.32 Å². The first-order valence-electron chi connectivity index (χ1n) is 6.99. The topological polar surface area (TPSA) is 98.5 Å². The number of non-ortho nitro benzene ring substituents is 1. The molecule has 2 aromatic carbocycles. The average molecular weight is 368 g/mol. The monoisotopic (exact) mass is 368 g/mol. The summed E-state index contributed by atoms with van der Waals surface area (Å²) in [6.45, 7) is 0. The molecule has 0 aliphatic heterocycles. The van der Waals surface area contributed by atoms with Gasteiger partial charge in [-0.2, -0.15) is 13.2 Å². The van der Waals surface area contributed by atoms with E-state index in [-0.39, 0.29) is 11.1 Å². The Hall–Kier alpha value is -3.43. The van der Waals surface area contributed by atoms with E-state index >= 15 is 0 Å². The maximum absolute atomic E-state index is 13.0. The van der Waals surface area contributed by atoms with Crippen LogP contribution >= 0.6 is 0 Å². The Morgan fingerprint density at radius 3 is 2.31 bits per heavy atom.